The van der Waals surface area contributed by atoms with E-state index in [4.69, 9.17) is 9.40 Å². The highest BCUT2D eigenvalue weighted by atomic mass is 16.3. The molecule has 13 rings (SSSR count). The zero-order valence-electron chi connectivity index (χ0n) is 33.7. The molecule has 0 unspecified atom stereocenters. The van der Waals surface area contributed by atoms with Crippen molar-refractivity contribution in [3.63, 3.8) is 0 Å². The number of fused-ring (bicyclic) bond motifs is 14. The number of hydrogen-bond donors (Lipinski definition) is 0. The minimum atomic E-state index is -0.247. The van der Waals surface area contributed by atoms with Crippen LogP contribution in [0.1, 0.15) is 25.0 Å². The summed E-state index contributed by atoms with van der Waals surface area (Å²) in [5.74, 6) is 0. The molecular formula is C56H38N4O. The van der Waals surface area contributed by atoms with E-state index in [-0.39, 0.29) is 5.41 Å². The Bertz CT molecular complexity index is 3690. The quantitative estimate of drug-likeness (QED) is 0.175. The van der Waals surface area contributed by atoms with Crippen molar-refractivity contribution < 1.29 is 4.42 Å². The zero-order chi connectivity index (χ0) is 40.4. The van der Waals surface area contributed by atoms with Gasteiger partial charge in [0.2, 0.25) is 0 Å². The van der Waals surface area contributed by atoms with Gasteiger partial charge in [0, 0.05) is 56.2 Å². The standard InChI is InChI=1S/C56H38N4O/c1-56(2)45-33-38(58(35-15-6-3-7-16-35)36-17-8-4-9-18-36)24-26-40(45)41-27-25-39(34-46(41)56)60-49-31-29-43-42-28-30-48-51(54(42)61-55(43)52(49)53-50(60)23-14-32-57-53)44-21-12-13-22-47(44)59(48)37-19-10-5-11-20-37/h3-34H,1-2H3. The number of pyridine rings is 1. The Morgan fingerprint density at radius 3 is 1.74 bits per heavy atom. The highest BCUT2D eigenvalue weighted by Crippen LogP contribution is 2.52. The van der Waals surface area contributed by atoms with Crippen LogP contribution in [0.5, 0.6) is 0 Å². The fourth-order valence-corrected chi connectivity index (χ4v) is 10.4. The molecule has 0 saturated heterocycles. The second kappa shape index (κ2) is 12.6. The summed E-state index contributed by atoms with van der Waals surface area (Å²) in [6.45, 7) is 4.73. The number of hydrogen-bond acceptors (Lipinski definition) is 3. The molecule has 12 aromatic rings. The minimum absolute atomic E-state index is 0.247. The highest BCUT2D eigenvalue weighted by Gasteiger charge is 2.37. The van der Waals surface area contributed by atoms with Crippen molar-refractivity contribution in [3.05, 3.63) is 205 Å². The largest absolute Gasteiger partial charge is 0.455 e. The van der Waals surface area contributed by atoms with Gasteiger partial charge < -0.3 is 18.5 Å². The lowest BCUT2D eigenvalue weighted by molar-refractivity contribution is 0.660. The molecule has 1 aliphatic carbocycles. The van der Waals surface area contributed by atoms with Gasteiger partial charge in [-0.1, -0.05) is 98.8 Å². The Hall–Kier alpha value is -7.89. The van der Waals surface area contributed by atoms with Crippen LogP contribution in [-0.4, -0.2) is 14.1 Å². The van der Waals surface area contributed by atoms with E-state index < -0.39 is 0 Å². The molecule has 5 nitrogen and oxygen atoms in total. The van der Waals surface area contributed by atoms with Gasteiger partial charge in [0.25, 0.3) is 0 Å². The summed E-state index contributed by atoms with van der Waals surface area (Å²) in [5.41, 5.74) is 17.7. The summed E-state index contributed by atoms with van der Waals surface area (Å²) >= 11 is 0. The number of aromatic nitrogens is 3. The van der Waals surface area contributed by atoms with Crippen LogP contribution >= 0.6 is 0 Å². The van der Waals surface area contributed by atoms with Crippen molar-refractivity contribution in [2.75, 3.05) is 4.90 Å². The van der Waals surface area contributed by atoms with Crippen LogP contribution in [0.2, 0.25) is 0 Å². The number of nitrogens with zero attached hydrogens (tertiary/aromatic N) is 4. The van der Waals surface area contributed by atoms with E-state index in [1.165, 1.54) is 27.6 Å². The van der Waals surface area contributed by atoms with Crippen LogP contribution < -0.4 is 4.90 Å². The van der Waals surface area contributed by atoms with Crippen molar-refractivity contribution in [3.8, 4) is 22.5 Å². The van der Waals surface area contributed by atoms with Crippen molar-refractivity contribution in [1.29, 1.82) is 0 Å². The summed E-state index contributed by atoms with van der Waals surface area (Å²) in [6.07, 6.45) is 1.90. The maximum absolute atomic E-state index is 7.17. The number of rotatable bonds is 5. The average Bonchev–Trinajstić information content (AvgIpc) is 4.02. The van der Waals surface area contributed by atoms with E-state index in [0.29, 0.717) is 0 Å². The number of furan rings is 1. The number of benzene rings is 8. The summed E-state index contributed by atoms with van der Waals surface area (Å²) in [7, 11) is 0. The molecule has 0 bridgehead atoms. The van der Waals surface area contributed by atoms with E-state index in [1.807, 2.05) is 12.3 Å². The molecule has 4 aromatic heterocycles. The highest BCUT2D eigenvalue weighted by molar-refractivity contribution is 6.28. The number of para-hydroxylation sites is 4. The molecule has 0 spiro atoms. The van der Waals surface area contributed by atoms with Gasteiger partial charge in [0.05, 0.1) is 32.8 Å². The molecule has 288 valence electrons. The van der Waals surface area contributed by atoms with Gasteiger partial charge in [0.15, 0.2) is 0 Å². The molecule has 4 heterocycles. The SMILES string of the molecule is CC1(C)c2cc(N(c3ccccc3)c3ccccc3)ccc2-c2ccc(-n3c4cccnc4c4c5oc6c(ccc7c6c6ccccc6n7-c6ccccc6)c5ccc43)cc21. The normalized spacial score (nSPS) is 13.2. The van der Waals surface area contributed by atoms with Gasteiger partial charge in [-0.3, -0.25) is 4.98 Å². The smallest absolute Gasteiger partial charge is 0.147 e. The lowest BCUT2D eigenvalue weighted by Crippen LogP contribution is -2.17. The van der Waals surface area contributed by atoms with Crippen LogP contribution in [0.3, 0.4) is 0 Å². The van der Waals surface area contributed by atoms with Gasteiger partial charge >= 0.3 is 0 Å². The van der Waals surface area contributed by atoms with Crippen molar-refractivity contribution in [1.82, 2.24) is 14.1 Å². The van der Waals surface area contributed by atoms with Crippen molar-refractivity contribution in [2.24, 2.45) is 0 Å². The summed E-state index contributed by atoms with van der Waals surface area (Å²) in [4.78, 5) is 7.40. The summed E-state index contributed by atoms with van der Waals surface area (Å²) in [6, 6.07) is 67.7. The molecule has 0 saturated carbocycles. The molecule has 0 amide bonds. The molecule has 0 fully saturated rings. The molecule has 0 aliphatic heterocycles. The maximum atomic E-state index is 7.17. The fourth-order valence-electron chi connectivity index (χ4n) is 10.4. The molecule has 5 heteroatoms. The second-order valence-electron chi connectivity index (χ2n) is 16.8. The molecule has 0 radical (unpaired) electrons. The van der Waals surface area contributed by atoms with E-state index in [9.17, 15) is 0 Å². The van der Waals surface area contributed by atoms with Gasteiger partial charge in [-0.25, -0.2) is 0 Å². The minimum Gasteiger partial charge on any atom is -0.455 e. The van der Waals surface area contributed by atoms with Crippen molar-refractivity contribution in [2.45, 2.75) is 19.3 Å². The first kappa shape index (κ1) is 34.0. The third-order valence-corrected chi connectivity index (χ3v) is 13.1. The van der Waals surface area contributed by atoms with Gasteiger partial charge in [-0.15, -0.1) is 0 Å². The predicted molar refractivity (Wildman–Crippen MR) is 252 cm³/mol. The van der Waals surface area contributed by atoms with E-state index in [2.05, 4.69) is 210 Å². The first-order valence-corrected chi connectivity index (χ1v) is 21.0. The van der Waals surface area contributed by atoms with Crippen LogP contribution in [0, 0.1) is 0 Å². The number of anilines is 3. The first-order chi connectivity index (χ1) is 30.0. The van der Waals surface area contributed by atoms with Crippen LogP contribution in [0.25, 0.3) is 88.2 Å². The fraction of sp³-hybridized carbons (Fsp3) is 0.0536. The Morgan fingerprint density at radius 2 is 1.02 bits per heavy atom. The third-order valence-electron chi connectivity index (χ3n) is 13.1. The molecule has 0 N–H and O–H groups in total. The summed E-state index contributed by atoms with van der Waals surface area (Å²) < 4.78 is 11.9. The molecule has 0 atom stereocenters. The van der Waals surface area contributed by atoms with E-state index >= 15 is 0 Å². The Morgan fingerprint density at radius 1 is 0.443 bits per heavy atom. The van der Waals surface area contributed by atoms with Gasteiger partial charge in [-0.05, 0) is 125 Å². The Balaban J connectivity index is 0.990. The zero-order valence-corrected chi connectivity index (χ0v) is 33.7. The van der Waals surface area contributed by atoms with Gasteiger partial charge in [-0.2, -0.15) is 0 Å². The molecular weight excluding hydrogens is 745 g/mol. The lowest BCUT2D eigenvalue weighted by atomic mass is 9.82. The third kappa shape index (κ3) is 4.74. The van der Waals surface area contributed by atoms with Crippen molar-refractivity contribution >= 4 is 82.7 Å². The lowest BCUT2D eigenvalue weighted by Gasteiger charge is -2.28. The van der Waals surface area contributed by atoms with Crippen LogP contribution in [-0.2, 0) is 5.41 Å². The molecule has 1 aliphatic rings. The first-order valence-electron chi connectivity index (χ1n) is 21.0. The summed E-state index contributed by atoms with van der Waals surface area (Å²) in [5, 5.41) is 5.51. The predicted octanol–water partition coefficient (Wildman–Crippen LogP) is 15.0. The Kier molecular flexibility index (Phi) is 7.00. The second-order valence-corrected chi connectivity index (χ2v) is 16.8. The average molecular weight is 783 g/mol. The van der Waals surface area contributed by atoms with E-state index in [1.54, 1.807) is 0 Å². The topological polar surface area (TPSA) is 39.1 Å². The maximum Gasteiger partial charge on any atom is 0.147 e. The molecule has 8 aromatic carbocycles. The van der Waals surface area contributed by atoms with E-state index in [0.717, 1.165) is 88.7 Å². The Labute approximate surface area is 352 Å². The van der Waals surface area contributed by atoms with Crippen LogP contribution in [0.4, 0.5) is 17.1 Å². The van der Waals surface area contributed by atoms with Crippen LogP contribution in [0.15, 0.2) is 199 Å². The van der Waals surface area contributed by atoms with Gasteiger partial charge in [0.1, 0.15) is 16.7 Å². The monoisotopic (exact) mass is 782 g/mol. The molecule has 61 heavy (non-hydrogen) atoms.